The summed E-state index contributed by atoms with van der Waals surface area (Å²) < 4.78 is 5.74. The van der Waals surface area contributed by atoms with Crippen LogP contribution in [0.5, 0.6) is 5.75 Å². The molecule has 0 saturated carbocycles. The first-order valence-electron chi connectivity index (χ1n) is 7.03. The summed E-state index contributed by atoms with van der Waals surface area (Å²) in [6, 6.07) is 8.19. The van der Waals surface area contributed by atoms with E-state index in [1.54, 1.807) is 0 Å². The van der Waals surface area contributed by atoms with Crippen LogP contribution in [0, 0.1) is 6.92 Å². The Morgan fingerprint density at radius 1 is 1.00 bits per heavy atom. The molecule has 1 N–H and O–H groups in total. The molecule has 0 bridgehead atoms. The Kier molecular flexibility index (Phi) is 5.63. The number of aliphatic hydroxyl groups is 1. The minimum Gasteiger partial charge on any atom is -0.492 e. The molecule has 0 unspecified atom stereocenters. The quantitative estimate of drug-likeness (QED) is 0.831. The minimum absolute atomic E-state index is 0.260. The van der Waals surface area contributed by atoms with Crippen LogP contribution in [0.25, 0.3) is 0 Å². The SMILES string of the molecule is Cc1ccc(OCCN2CCN(CCO)CC2)cc1. The van der Waals surface area contributed by atoms with Crippen LogP contribution in [0.4, 0.5) is 0 Å². The average Bonchev–Trinajstić information content (AvgIpc) is 2.43. The summed E-state index contributed by atoms with van der Waals surface area (Å²) in [6.07, 6.45) is 0. The fourth-order valence-corrected chi connectivity index (χ4v) is 2.31. The number of rotatable bonds is 6. The molecule has 1 heterocycles. The van der Waals surface area contributed by atoms with Crippen molar-refractivity contribution >= 4 is 0 Å². The first kappa shape index (κ1) is 14.3. The van der Waals surface area contributed by atoms with E-state index >= 15 is 0 Å². The number of β-amino-alcohol motifs (C(OH)–C–C–N with tert-alkyl or cyclic N) is 1. The Bertz CT molecular complexity index is 359. The van der Waals surface area contributed by atoms with Gasteiger partial charge in [-0.3, -0.25) is 9.80 Å². The lowest BCUT2D eigenvalue weighted by molar-refractivity contribution is 0.102. The standard InChI is InChI=1S/C15H24N2O2/c1-14-2-4-15(5-3-14)19-13-11-17-8-6-16(7-9-17)10-12-18/h2-5,18H,6-13H2,1H3. The molecule has 0 spiro atoms. The maximum atomic E-state index is 8.90. The summed E-state index contributed by atoms with van der Waals surface area (Å²) >= 11 is 0. The molecule has 1 aromatic rings. The number of hydrogen-bond donors (Lipinski definition) is 1. The molecule has 1 saturated heterocycles. The van der Waals surface area contributed by atoms with Crippen LogP contribution >= 0.6 is 0 Å². The van der Waals surface area contributed by atoms with Gasteiger partial charge in [0, 0.05) is 39.3 Å². The molecule has 1 aromatic carbocycles. The van der Waals surface area contributed by atoms with Gasteiger partial charge in [0.1, 0.15) is 12.4 Å². The van der Waals surface area contributed by atoms with E-state index in [4.69, 9.17) is 9.84 Å². The van der Waals surface area contributed by atoms with Gasteiger partial charge >= 0.3 is 0 Å². The maximum Gasteiger partial charge on any atom is 0.119 e. The van der Waals surface area contributed by atoms with Crippen molar-refractivity contribution in [2.24, 2.45) is 0 Å². The van der Waals surface area contributed by atoms with E-state index < -0.39 is 0 Å². The Morgan fingerprint density at radius 3 is 2.16 bits per heavy atom. The van der Waals surface area contributed by atoms with Crippen molar-refractivity contribution in [3.8, 4) is 5.75 Å². The predicted molar refractivity (Wildman–Crippen MR) is 76.6 cm³/mol. The second kappa shape index (κ2) is 7.48. The summed E-state index contributed by atoms with van der Waals surface area (Å²) in [4.78, 5) is 4.72. The highest BCUT2D eigenvalue weighted by Crippen LogP contribution is 2.11. The van der Waals surface area contributed by atoms with Crippen molar-refractivity contribution in [3.63, 3.8) is 0 Å². The first-order chi connectivity index (χ1) is 9.28. The lowest BCUT2D eigenvalue weighted by Crippen LogP contribution is -2.48. The molecular formula is C15H24N2O2. The van der Waals surface area contributed by atoms with Gasteiger partial charge in [0.2, 0.25) is 0 Å². The molecule has 19 heavy (non-hydrogen) atoms. The van der Waals surface area contributed by atoms with E-state index in [1.807, 2.05) is 12.1 Å². The minimum atomic E-state index is 0.260. The monoisotopic (exact) mass is 264 g/mol. The molecule has 0 radical (unpaired) electrons. The topological polar surface area (TPSA) is 35.9 Å². The Balaban J connectivity index is 1.63. The maximum absolute atomic E-state index is 8.90. The third-order valence-corrected chi connectivity index (χ3v) is 3.58. The average molecular weight is 264 g/mol. The van der Waals surface area contributed by atoms with Gasteiger partial charge in [-0.1, -0.05) is 17.7 Å². The number of aryl methyl sites for hydroxylation is 1. The van der Waals surface area contributed by atoms with Crippen LogP contribution in [-0.2, 0) is 0 Å². The summed E-state index contributed by atoms with van der Waals surface area (Å²) in [7, 11) is 0. The van der Waals surface area contributed by atoms with Gasteiger partial charge in [0.05, 0.1) is 6.61 Å². The molecule has 4 heteroatoms. The van der Waals surface area contributed by atoms with Crippen molar-refractivity contribution in [3.05, 3.63) is 29.8 Å². The van der Waals surface area contributed by atoms with Crippen molar-refractivity contribution < 1.29 is 9.84 Å². The van der Waals surface area contributed by atoms with E-state index in [0.29, 0.717) is 0 Å². The summed E-state index contributed by atoms with van der Waals surface area (Å²) in [5, 5.41) is 8.90. The van der Waals surface area contributed by atoms with Crippen LogP contribution < -0.4 is 4.74 Å². The largest absolute Gasteiger partial charge is 0.492 e. The first-order valence-corrected chi connectivity index (χ1v) is 7.03. The summed E-state index contributed by atoms with van der Waals surface area (Å²) in [6.45, 7) is 9.08. The van der Waals surface area contributed by atoms with E-state index in [1.165, 1.54) is 5.56 Å². The molecule has 2 rings (SSSR count). The highest BCUT2D eigenvalue weighted by Gasteiger charge is 2.15. The molecule has 0 aliphatic carbocycles. The fraction of sp³-hybridized carbons (Fsp3) is 0.600. The van der Waals surface area contributed by atoms with Gasteiger partial charge in [0.25, 0.3) is 0 Å². The van der Waals surface area contributed by atoms with Gasteiger partial charge in [-0.15, -0.1) is 0 Å². The Labute approximate surface area is 115 Å². The molecule has 0 atom stereocenters. The molecule has 1 aliphatic rings. The normalized spacial score (nSPS) is 17.6. The molecule has 0 amide bonds. The lowest BCUT2D eigenvalue weighted by atomic mass is 10.2. The molecule has 1 fully saturated rings. The summed E-state index contributed by atoms with van der Waals surface area (Å²) in [5.74, 6) is 0.949. The van der Waals surface area contributed by atoms with Gasteiger partial charge in [0.15, 0.2) is 0 Å². The zero-order chi connectivity index (χ0) is 13.5. The molecule has 0 aromatic heterocycles. The van der Waals surface area contributed by atoms with Crippen LogP contribution in [-0.4, -0.2) is 67.4 Å². The third-order valence-electron chi connectivity index (χ3n) is 3.58. The van der Waals surface area contributed by atoms with Crippen LogP contribution in [0.1, 0.15) is 5.56 Å². The predicted octanol–water partition coefficient (Wildman–Crippen LogP) is 0.984. The van der Waals surface area contributed by atoms with Crippen molar-refractivity contribution in [2.45, 2.75) is 6.92 Å². The number of hydrogen-bond acceptors (Lipinski definition) is 4. The van der Waals surface area contributed by atoms with Crippen LogP contribution in [0.15, 0.2) is 24.3 Å². The van der Waals surface area contributed by atoms with E-state index in [9.17, 15) is 0 Å². The van der Waals surface area contributed by atoms with Gasteiger partial charge in [-0.05, 0) is 19.1 Å². The number of piperazine rings is 1. The van der Waals surface area contributed by atoms with Crippen molar-refractivity contribution in [2.75, 3.05) is 52.5 Å². The third kappa shape index (κ3) is 4.82. The highest BCUT2D eigenvalue weighted by atomic mass is 16.5. The second-order valence-electron chi connectivity index (χ2n) is 5.07. The van der Waals surface area contributed by atoms with Crippen LogP contribution in [0.2, 0.25) is 0 Å². The number of aliphatic hydroxyl groups excluding tert-OH is 1. The van der Waals surface area contributed by atoms with E-state index in [2.05, 4.69) is 28.9 Å². The number of nitrogens with zero attached hydrogens (tertiary/aromatic N) is 2. The van der Waals surface area contributed by atoms with Gasteiger partial charge in [-0.2, -0.15) is 0 Å². The Morgan fingerprint density at radius 2 is 1.58 bits per heavy atom. The van der Waals surface area contributed by atoms with Crippen molar-refractivity contribution in [1.29, 1.82) is 0 Å². The van der Waals surface area contributed by atoms with E-state index in [0.717, 1.165) is 51.6 Å². The molecule has 4 nitrogen and oxygen atoms in total. The lowest BCUT2D eigenvalue weighted by Gasteiger charge is -2.34. The van der Waals surface area contributed by atoms with Crippen molar-refractivity contribution in [1.82, 2.24) is 9.80 Å². The van der Waals surface area contributed by atoms with Gasteiger partial charge < -0.3 is 9.84 Å². The zero-order valence-corrected chi connectivity index (χ0v) is 11.7. The number of ether oxygens (including phenoxy) is 1. The molecular weight excluding hydrogens is 240 g/mol. The summed E-state index contributed by atoms with van der Waals surface area (Å²) in [5.41, 5.74) is 1.26. The molecule has 1 aliphatic heterocycles. The molecule has 106 valence electrons. The second-order valence-corrected chi connectivity index (χ2v) is 5.07. The van der Waals surface area contributed by atoms with Crippen LogP contribution in [0.3, 0.4) is 0 Å². The zero-order valence-electron chi connectivity index (χ0n) is 11.7. The fourth-order valence-electron chi connectivity index (χ4n) is 2.31. The Hall–Kier alpha value is -1.10. The number of benzene rings is 1. The van der Waals surface area contributed by atoms with E-state index in [-0.39, 0.29) is 6.61 Å². The van der Waals surface area contributed by atoms with Gasteiger partial charge in [-0.25, -0.2) is 0 Å². The highest BCUT2D eigenvalue weighted by molar-refractivity contribution is 5.26. The smallest absolute Gasteiger partial charge is 0.119 e.